The summed E-state index contributed by atoms with van der Waals surface area (Å²) < 4.78 is 23.7. The summed E-state index contributed by atoms with van der Waals surface area (Å²) in [5.74, 6) is -0.529. The lowest BCUT2D eigenvalue weighted by Gasteiger charge is -2.21. The second-order valence-electron chi connectivity index (χ2n) is 12.4. The highest BCUT2D eigenvalue weighted by molar-refractivity contribution is 5.70. The molecule has 0 bridgehead atoms. The van der Waals surface area contributed by atoms with Gasteiger partial charge in [0.2, 0.25) is 0 Å². The third-order valence-corrected chi connectivity index (χ3v) is 8.10. The van der Waals surface area contributed by atoms with Crippen LogP contribution in [0, 0.1) is 0 Å². The number of amides is 2. The number of esters is 2. The Labute approximate surface area is 294 Å². The molecule has 1 rings (SSSR count). The Kier molecular flexibility index (Phi) is 26.3. The van der Waals surface area contributed by atoms with Crippen LogP contribution in [0.3, 0.4) is 0 Å². The van der Waals surface area contributed by atoms with Crippen molar-refractivity contribution >= 4 is 24.1 Å². The number of rotatable bonds is 30. The van der Waals surface area contributed by atoms with E-state index in [9.17, 15) is 19.2 Å². The number of carbonyl (C=O) groups excluding carboxylic acids is 4. The molecule has 1 heterocycles. The minimum atomic E-state index is -0.373. The fourth-order valence-corrected chi connectivity index (χ4v) is 5.16. The van der Waals surface area contributed by atoms with Crippen LogP contribution in [0.4, 0.5) is 9.59 Å². The van der Waals surface area contributed by atoms with E-state index in [0.717, 1.165) is 96.6 Å². The first-order chi connectivity index (χ1) is 23.8. The molecule has 2 atom stereocenters. The largest absolute Gasteiger partial charge is 0.466 e. The summed E-state index contributed by atoms with van der Waals surface area (Å²) in [6.45, 7) is 12.4. The van der Waals surface area contributed by atoms with E-state index in [1.807, 2.05) is 24.6 Å². The highest BCUT2D eigenvalue weighted by Gasteiger charge is 2.14. The second kappa shape index (κ2) is 29.6. The van der Waals surface area contributed by atoms with Crippen LogP contribution in [0.2, 0.25) is 0 Å². The molecule has 49 heavy (non-hydrogen) atoms. The Balaban J connectivity index is 2.25. The van der Waals surface area contributed by atoms with E-state index in [2.05, 4.69) is 34.4 Å². The fourth-order valence-electron chi connectivity index (χ4n) is 5.16. The summed E-state index contributed by atoms with van der Waals surface area (Å²) in [5, 5.41) is 5.58. The molecule has 2 N–H and O–H groups in total. The minimum Gasteiger partial charge on any atom is -0.466 e. The van der Waals surface area contributed by atoms with Crippen molar-refractivity contribution in [2.75, 3.05) is 45.9 Å². The van der Waals surface area contributed by atoms with Gasteiger partial charge in [-0.2, -0.15) is 0 Å². The van der Waals surface area contributed by atoms with Gasteiger partial charge in [0.1, 0.15) is 12.2 Å². The molecule has 1 aromatic heterocycles. The van der Waals surface area contributed by atoms with E-state index in [1.165, 1.54) is 0 Å². The molecular weight excluding hydrogens is 630 g/mol. The number of nitrogens with one attached hydrogen (secondary N) is 2. The molecule has 1 aromatic rings. The summed E-state index contributed by atoms with van der Waals surface area (Å²) in [5.41, 5.74) is 0. The number of aryl methyl sites for hydroxylation is 1. The summed E-state index contributed by atoms with van der Waals surface area (Å²) in [6, 6.07) is 0. The van der Waals surface area contributed by atoms with Crippen LogP contribution in [0.1, 0.15) is 124 Å². The monoisotopic (exact) mass is 695 g/mol. The zero-order valence-corrected chi connectivity index (χ0v) is 30.8. The quantitative estimate of drug-likeness (QED) is 0.0526. The van der Waals surface area contributed by atoms with Gasteiger partial charge in [-0.3, -0.25) is 9.59 Å². The number of carbonyl (C=O) groups is 4. The van der Waals surface area contributed by atoms with Gasteiger partial charge in [-0.15, -0.1) is 0 Å². The zero-order valence-electron chi connectivity index (χ0n) is 30.8. The van der Waals surface area contributed by atoms with Crippen LogP contribution in [0.15, 0.2) is 18.7 Å². The molecule has 2 amide bonds. The van der Waals surface area contributed by atoms with Crippen molar-refractivity contribution in [3.8, 4) is 0 Å². The zero-order chi connectivity index (χ0) is 36.0. The number of hydrogen-bond donors (Lipinski definition) is 2. The summed E-state index contributed by atoms with van der Waals surface area (Å²) in [6.07, 6.45) is 15.9. The first kappa shape index (κ1) is 43.7. The van der Waals surface area contributed by atoms with Gasteiger partial charge >= 0.3 is 24.1 Å². The fraction of sp³-hybridized carbons (Fsp3) is 0.806. The van der Waals surface area contributed by atoms with Gasteiger partial charge in [-0.05, 0) is 77.2 Å². The predicted molar refractivity (Wildman–Crippen MR) is 189 cm³/mol. The highest BCUT2D eigenvalue weighted by Crippen LogP contribution is 2.08. The lowest BCUT2D eigenvalue weighted by molar-refractivity contribution is -0.144. The van der Waals surface area contributed by atoms with Gasteiger partial charge in [0.05, 0.1) is 32.4 Å². The van der Waals surface area contributed by atoms with Crippen molar-refractivity contribution in [2.45, 2.75) is 143 Å². The lowest BCUT2D eigenvalue weighted by Crippen LogP contribution is -2.31. The van der Waals surface area contributed by atoms with Crippen LogP contribution in [0.25, 0.3) is 0 Å². The van der Waals surface area contributed by atoms with Crippen LogP contribution >= 0.6 is 0 Å². The summed E-state index contributed by atoms with van der Waals surface area (Å²) >= 11 is 0. The molecular formula is C36H65N5O8. The molecule has 0 saturated heterocycles. The number of nitrogens with zero attached hydrogens (tertiary/aromatic N) is 3. The average Bonchev–Trinajstić information content (AvgIpc) is 3.61. The molecule has 13 nitrogen and oxygen atoms in total. The van der Waals surface area contributed by atoms with Gasteiger partial charge in [-0.25, -0.2) is 14.6 Å². The summed E-state index contributed by atoms with van der Waals surface area (Å²) in [7, 11) is 0. The van der Waals surface area contributed by atoms with Crippen molar-refractivity contribution < 1.29 is 38.1 Å². The predicted octanol–water partition coefficient (Wildman–Crippen LogP) is 6.39. The van der Waals surface area contributed by atoms with Crippen LogP contribution in [-0.4, -0.2) is 96.7 Å². The van der Waals surface area contributed by atoms with Crippen LogP contribution in [-0.2, 0) is 35.1 Å². The molecule has 0 spiro atoms. The number of alkyl carbamates (subject to hydrolysis) is 2. The van der Waals surface area contributed by atoms with E-state index >= 15 is 0 Å². The number of unbranched alkanes of at least 4 members (excludes halogenated alkanes) is 4. The van der Waals surface area contributed by atoms with Gasteiger partial charge in [0.15, 0.2) is 0 Å². The molecule has 0 fully saturated rings. The van der Waals surface area contributed by atoms with Gasteiger partial charge in [0, 0.05) is 45.1 Å². The molecule has 282 valence electrons. The van der Waals surface area contributed by atoms with Crippen LogP contribution in [0.5, 0.6) is 0 Å². The first-order valence-corrected chi connectivity index (χ1v) is 18.7. The van der Waals surface area contributed by atoms with E-state index < -0.39 is 0 Å². The third-order valence-electron chi connectivity index (χ3n) is 8.10. The molecule has 0 aliphatic rings. The molecule has 0 radical (unpaired) electrons. The second-order valence-corrected chi connectivity index (χ2v) is 12.4. The third kappa shape index (κ3) is 24.4. The molecule has 13 heteroatoms. The number of aromatic nitrogens is 2. The Bertz CT molecular complexity index is 936. The average molecular weight is 696 g/mol. The topological polar surface area (TPSA) is 150 Å². The van der Waals surface area contributed by atoms with Crippen molar-refractivity contribution in [1.29, 1.82) is 0 Å². The Morgan fingerprint density at radius 2 is 1.20 bits per heavy atom. The molecule has 2 unspecified atom stereocenters. The van der Waals surface area contributed by atoms with Gasteiger partial charge in [-0.1, -0.05) is 40.5 Å². The molecule has 0 aliphatic heterocycles. The summed E-state index contributed by atoms with van der Waals surface area (Å²) in [4.78, 5) is 54.8. The standard InChI is InChI=1S/C36H65N5O8/c1-5-16-31(7-3)48-35(44)38-20-11-9-13-28-46-33(42)18-25-40(23-15-24-41-27-22-37-30-41)26-19-34(43)47-29-14-10-12-21-39-36(45)49-32(8-4)17-6-2/h22,27,30-32H,5-21,23-26,28-29H2,1-4H3,(H,38,44)(H,39,45). The highest BCUT2D eigenvalue weighted by atomic mass is 16.6. The maximum atomic E-state index is 12.4. The van der Waals surface area contributed by atoms with Gasteiger partial charge < -0.3 is 39.0 Å². The maximum Gasteiger partial charge on any atom is 0.407 e. The van der Waals surface area contributed by atoms with Crippen molar-refractivity contribution in [2.24, 2.45) is 0 Å². The number of hydrogen-bond acceptors (Lipinski definition) is 10. The van der Waals surface area contributed by atoms with E-state index in [1.54, 1.807) is 12.5 Å². The number of imidazole rings is 1. The molecule has 0 aliphatic carbocycles. The smallest absolute Gasteiger partial charge is 0.407 e. The lowest BCUT2D eigenvalue weighted by atomic mass is 10.2. The Morgan fingerprint density at radius 3 is 1.63 bits per heavy atom. The molecule has 0 aromatic carbocycles. The Hall–Kier alpha value is -3.35. The van der Waals surface area contributed by atoms with E-state index in [0.29, 0.717) is 39.4 Å². The normalized spacial score (nSPS) is 12.3. The maximum absolute atomic E-state index is 12.4. The minimum absolute atomic E-state index is 0.0372. The van der Waals surface area contributed by atoms with Crippen LogP contribution < -0.4 is 10.6 Å². The van der Waals surface area contributed by atoms with E-state index in [-0.39, 0.29) is 49.2 Å². The number of ether oxygens (including phenoxy) is 4. The van der Waals surface area contributed by atoms with E-state index in [4.69, 9.17) is 18.9 Å². The van der Waals surface area contributed by atoms with Crippen molar-refractivity contribution in [3.63, 3.8) is 0 Å². The first-order valence-electron chi connectivity index (χ1n) is 18.7. The molecule has 0 saturated carbocycles. The van der Waals surface area contributed by atoms with Gasteiger partial charge in [0.25, 0.3) is 0 Å². The van der Waals surface area contributed by atoms with Crippen molar-refractivity contribution in [3.05, 3.63) is 18.7 Å². The van der Waals surface area contributed by atoms with Crippen molar-refractivity contribution in [1.82, 2.24) is 25.1 Å². The SMILES string of the molecule is CCCC(CC)OC(=O)NCCCCCOC(=O)CCN(CCCn1ccnc1)CCC(=O)OCCCCCNC(=O)OC(CC)CCC. The Morgan fingerprint density at radius 1 is 0.694 bits per heavy atom.